The van der Waals surface area contributed by atoms with Crippen molar-refractivity contribution in [3.63, 3.8) is 0 Å². The highest BCUT2D eigenvalue weighted by atomic mass is 79.9. The number of rotatable bonds is 4. The van der Waals surface area contributed by atoms with Gasteiger partial charge in [0.2, 0.25) is 0 Å². The van der Waals surface area contributed by atoms with Gasteiger partial charge in [-0.25, -0.2) is 0 Å². The molecular formula is C14H15BrClNS. The molecule has 0 spiro atoms. The molecule has 0 saturated heterocycles. The van der Waals surface area contributed by atoms with Crippen LogP contribution in [0.3, 0.4) is 0 Å². The van der Waals surface area contributed by atoms with E-state index >= 15 is 0 Å². The van der Waals surface area contributed by atoms with Crippen LogP contribution in [0.1, 0.15) is 28.3 Å². The minimum Gasteiger partial charge on any atom is -0.305 e. The largest absolute Gasteiger partial charge is 0.305 e. The molecule has 1 aromatic carbocycles. The molecule has 2 aromatic rings. The van der Waals surface area contributed by atoms with Gasteiger partial charge >= 0.3 is 0 Å². The van der Waals surface area contributed by atoms with Crippen LogP contribution in [0.4, 0.5) is 0 Å². The molecule has 1 N–H and O–H groups in total. The molecule has 1 nitrogen and oxygen atoms in total. The van der Waals surface area contributed by atoms with E-state index in [0.29, 0.717) is 0 Å². The van der Waals surface area contributed by atoms with Crippen LogP contribution in [0.25, 0.3) is 0 Å². The van der Waals surface area contributed by atoms with Gasteiger partial charge in [-0.1, -0.05) is 33.6 Å². The third-order valence-electron chi connectivity index (χ3n) is 2.81. The molecule has 18 heavy (non-hydrogen) atoms. The van der Waals surface area contributed by atoms with Gasteiger partial charge in [0.15, 0.2) is 0 Å². The lowest BCUT2D eigenvalue weighted by Gasteiger charge is -2.15. The highest BCUT2D eigenvalue weighted by Gasteiger charge is 2.09. The zero-order valence-electron chi connectivity index (χ0n) is 10.3. The van der Waals surface area contributed by atoms with Crippen LogP contribution >= 0.6 is 38.9 Å². The van der Waals surface area contributed by atoms with E-state index in [2.05, 4.69) is 53.3 Å². The summed E-state index contributed by atoms with van der Waals surface area (Å²) in [7, 11) is 0. The Hall–Kier alpha value is -0.350. The van der Waals surface area contributed by atoms with Crippen LogP contribution < -0.4 is 5.32 Å². The fourth-order valence-corrected chi connectivity index (χ4v) is 3.47. The van der Waals surface area contributed by atoms with Crippen molar-refractivity contribution in [1.29, 1.82) is 0 Å². The summed E-state index contributed by atoms with van der Waals surface area (Å²) in [5.74, 6) is 0. The van der Waals surface area contributed by atoms with Gasteiger partial charge in [0.25, 0.3) is 0 Å². The Kier molecular flexibility index (Phi) is 4.84. The standard InChI is InChI=1S/C14H15BrClNS/c1-9-3-5-12(18-9)8-17-10(2)13-6-4-11(15)7-14(13)16/h3-7,10,17H,8H2,1-2H3. The van der Waals surface area contributed by atoms with Crippen LogP contribution in [0.15, 0.2) is 34.8 Å². The molecule has 0 aliphatic heterocycles. The van der Waals surface area contributed by atoms with E-state index in [0.717, 1.165) is 21.6 Å². The highest BCUT2D eigenvalue weighted by molar-refractivity contribution is 9.10. The summed E-state index contributed by atoms with van der Waals surface area (Å²) in [5, 5.41) is 4.30. The monoisotopic (exact) mass is 343 g/mol. The molecule has 96 valence electrons. The number of nitrogens with one attached hydrogen (secondary N) is 1. The molecule has 0 aliphatic carbocycles. The zero-order chi connectivity index (χ0) is 13.1. The normalized spacial score (nSPS) is 12.7. The molecule has 1 heterocycles. The van der Waals surface area contributed by atoms with Gasteiger partial charge in [-0.3, -0.25) is 0 Å². The van der Waals surface area contributed by atoms with Crippen LogP contribution in [-0.4, -0.2) is 0 Å². The highest BCUT2D eigenvalue weighted by Crippen LogP contribution is 2.26. The van der Waals surface area contributed by atoms with Gasteiger partial charge in [0.05, 0.1) is 0 Å². The molecule has 1 atom stereocenters. The van der Waals surface area contributed by atoms with Crippen LogP contribution in [0.5, 0.6) is 0 Å². The maximum absolute atomic E-state index is 6.24. The van der Waals surface area contributed by atoms with E-state index in [1.54, 1.807) is 0 Å². The molecule has 0 fully saturated rings. The summed E-state index contributed by atoms with van der Waals surface area (Å²) in [5.41, 5.74) is 1.13. The quantitative estimate of drug-likeness (QED) is 0.791. The third-order valence-corrected chi connectivity index (χ3v) is 4.63. The molecule has 1 unspecified atom stereocenters. The Labute approximate surface area is 125 Å². The van der Waals surface area contributed by atoms with E-state index in [9.17, 15) is 0 Å². The van der Waals surface area contributed by atoms with Crippen molar-refractivity contribution >= 4 is 38.9 Å². The number of thiophene rings is 1. The lowest BCUT2D eigenvalue weighted by Crippen LogP contribution is -2.17. The van der Waals surface area contributed by atoms with Crippen molar-refractivity contribution < 1.29 is 0 Å². The summed E-state index contributed by atoms with van der Waals surface area (Å²) in [6, 6.07) is 10.6. The Morgan fingerprint density at radius 1 is 1.33 bits per heavy atom. The van der Waals surface area contributed by atoms with Crippen molar-refractivity contribution in [3.05, 3.63) is 55.1 Å². The number of hydrogen-bond donors (Lipinski definition) is 1. The molecule has 0 radical (unpaired) electrons. The first-order valence-electron chi connectivity index (χ1n) is 5.80. The molecule has 0 bridgehead atoms. The third kappa shape index (κ3) is 3.58. The minimum absolute atomic E-state index is 0.244. The fraction of sp³-hybridized carbons (Fsp3) is 0.286. The number of aryl methyl sites for hydroxylation is 1. The average Bonchev–Trinajstić information content (AvgIpc) is 2.72. The first-order chi connectivity index (χ1) is 8.56. The summed E-state index contributed by atoms with van der Waals surface area (Å²) < 4.78 is 1.01. The van der Waals surface area contributed by atoms with Gasteiger partial charge in [0.1, 0.15) is 0 Å². The second-order valence-corrected chi connectivity index (χ2v) is 6.98. The molecule has 4 heteroatoms. The summed E-state index contributed by atoms with van der Waals surface area (Å²) in [4.78, 5) is 2.70. The SMILES string of the molecule is Cc1ccc(CNC(C)c2ccc(Br)cc2Cl)s1. The first-order valence-corrected chi connectivity index (χ1v) is 7.78. The lowest BCUT2D eigenvalue weighted by atomic mass is 10.1. The predicted octanol–water partition coefficient (Wildman–Crippen LogP) is 5.32. The van der Waals surface area contributed by atoms with E-state index in [1.165, 1.54) is 9.75 Å². The molecule has 0 saturated carbocycles. The van der Waals surface area contributed by atoms with Crippen molar-refractivity contribution in [2.45, 2.75) is 26.4 Å². The summed E-state index contributed by atoms with van der Waals surface area (Å²) >= 11 is 11.5. The molecule has 0 amide bonds. The van der Waals surface area contributed by atoms with Gasteiger partial charge in [-0.2, -0.15) is 0 Å². The number of halogens is 2. The average molecular weight is 345 g/mol. The van der Waals surface area contributed by atoms with Crippen molar-refractivity contribution in [3.8, 4) is 0 Å². The second-order valence-electron chi connectivity index (χ2n) is 4.28. The van der Waals surface area contributed by atoms with Crippen molar-refractivity contribution in [2.75, 3.05) is 0 Å². The van der Waals surface area contributed by atoms with Gasteiger partial charge < -0.3 is 5.32 Å². The number of hydrogen-bond acceptors (Lipinski definition) is 2. The van der Waals surface area contributed by atoms with E-state index in [1.807, 2.05) is 23.5 Å². The van der Waals surface area contributed by atoms with Gasteiger partial charge in [-0.05, 0) is 43.7 Å². The van der Waals surface area contributed by atoms with Crippen molar-refractivity contribution in [2.24, 2.45) is 0 Å². The lowest BCUT2D eigenvalue weighted by molar-refractivity contribution is 0.579. The maximum Gasteiger partial charge on any atom is 0.0464 e. The molecule has 2 rings (SSSR count). The van der Waals surface area contributed by atoms with Crippen LogP contribution in [-0.2, 0) is 6.54 Å². The van der Waals surface area contributed by atoms with E-state index in [-0.39, 0.29) is 6.04 Å². The van der Waals surface area contributed by atoms with Gasteiger partial charge in [0, 0.05) is 31.8 Å². The molecule has 1 aromatic heterocycles. The van der Waals surface area contributed by atoms with E-state index < -0.39 is 0 Å². The summed E-state index contributed by atoms with van der Waals surface area (Å²) in [6.07, 6.45) is 0. The Balaban J connectivity index is 2.01. The topological polar surface area (TPSA) is 12.0 Å². The fourth-order valence-electron chi connectivity index (χ4n) is 1.80. The Bertz CT molecular complexity index is 538. The van der Waals surface area contributed by atoms with Crippen LogP contribution in [0, 0.1) is 6.92 Å². The first kappa shape index (κ1) is 14.1. The molecule has 0 aliphatic rings. The Morgan fingerprint density at radius 3 is 2.72 bits per heavy atom. The Morgan fingerprint density at radius 2 is 2.11 bits per heavy atom. The predicted molar refractivity (Wildman–Crippen MR) is 83.5 cm³/mol. The summed E-state index contributed by atoms with van der Waals surface area (Å²) in [6.45, 7) is 5.14. The van der Waals surface area contributed by atoms with E-state index in [4.69, 9.17) is 11.6 Å². The molecular weight excluding hydrogens is 330 g/mol. The number of benzene rings is 1. The van der Waals surface area contributed by atoms with Gasteiger partial charge in [-0.15, -0.1) is 11.3 Å². The second kappa shape index (κ2) is 6.20. The van der Waals surface area contributed by atoms with Crippen LogP contribution in [0.2, 0.25) is 5.02 Å². The maximum atomic E-state index is 6.24. The van der Waals surface area contributed by atoms with Crippen molar-refractivity contribution in [1.82, 2.24) is 5.32 Å². The zero-order valence-corrected chi connectivity index (χ0v) is 13.5. The minimum atomic E-state index is 0.244. The smallest absolute Gasteiger partial charge is 0.0464 e.